The molecular weight excluding hydrogens is 236 g/mol. The van der Waals surface area contributed by atoms with Gasteiger partial charge in [0.25, 0.3) is 0 Å². The molecule has 0 heterocycles. The van der Waals surface area contributed by atoms with Gasteiger partial charge in [0.1, 0.15) is 0 Å². The van der Waals surface area contributed by atoms with Crippen molar-refractivity contribution in [2.24, 2.45) is 0 Å². The van der Waals surface area contributed by atoms with E-state index >= 15 is 0 Å². The molecule has 0 atom stereocenters. The van der Waals surface area contributed by atoms with Crippen molar-refractivity contribution in [3.63, 3.8) is 0 Å². The van der Waals surface area contributed by atoms with Crippen molar-refractivity contribution in [1.82, 2.24) is 0 Å². The largest absolute Gasteiger partial charge is 0.395 e. The summed E-state index contributed by atoms with van der Waals surface area (Å²) in [4.78, 5) is 0.330. The van der Waals surface area contributed by atoms with Gasteiger partial charge in [-0.15, -0.1) is 0 Å². The van der Waals surface area contributed by atoms with Gasteiger partial charge in [-0.25, -0.2) is 8.42 Å². The van der Waals surface area contributed by atoms with E-state index in [1.165, 1.54) is 0 Å². The minimum atomic E-state index is -3.42. The lowest BCUT2D eigenvalue weighted by atomic mass is 9.89. The first kappa shape index (κ1) is 12.6. The van der Waals surface area contributed by atoms with E-state index < -0.39 is 14.6 Å². The van der Waals surface area contributed by atoms with E-state index in [0.717, 1.165) is 19.3 Å². The van der Waals surface area contributed by atoms with Crippen LogP contribution in [0.1, 0.15) is 32.1 Å². The van der Waals surface area contributed by atoms with E-state index in [0.29, 0.717) is 17.7 Å². The summed E-state index contributed by atoms with van der Waals surface area (Å²) in [5, 5.41) is 9.56. The van der Waals surface area contributed by atoms with Crippen LogP contribution in [0, 0.1) is 0 Å². The molecule has 1 aromatic carbocycles. The second kappa shape index (κ2) is 4.78. The third-order valence-electron chi connectivity index (χ3n) is 3.68. The minimum absolute atomic E-state index is 0.274. The number of aliphatic hydroxyl groups is 1. The monoisotopic (exact) mass is 254 g/mol. The highest BCUT2D eigenvalue weighted by molar-refractivity contribution is 7.92. The molecule has 0 aliphatic heterocycles. The summed E-state index contributed by atoms with van der Waals surface area (Å²) in [6.07, 6.45) is 3.97. The zero-order valence-corrected chi connectivity index (χ0v) is 10.6. The molecule has 17 heavy (non-hydrogen) atoms. The Balaban J connectivity index is 2.43. The van der Waals surface area contributed by atoms with Gasteiger partial charge in [0, 0.05) is 0 Å². The Labute approximate surface area is 102 Å². The van der Waals surface area contributed by atoms with E-state index in [-0.39, 0.29) is 6.61 Å². The quantitative estimate of drug-likeness (QED) is 0.899. The van der Waals surface area contributed by atoms with Gasteiger partial charge in [0.05, 0.1) is 16.2 Å². The van der Waals surface area contributed by atoms with Crippen LogP contribution in [-0.4, -0.2) is 24.9 Å². The number of rotatable bonds is 3. The van der Waals surface area contributed by atoms with Gasteiger partial charge in [-0.05, 0) is 25.0 Å². The number of sulfone groups is 1. The third kappa shape index (κ3) is 2.11. The fourth-order valence-corrected chi connectivity index (χ4v) is 4.57. The molecule has 94 valence electrons. The maximum absolute atomic E-state index is 12.6. The molecule has 4 heteroatoms. The number of benzene rings is 1. The van der Waals surface area contributed by atoms with E-state index in [1.54, 1.807) is 30.3 Å². The van der Waals surface area contributed by atoms with Crippen LogP contribution in [0.4, 0.5) is 0 Å². The molecule has 0 bridgehead atoms. The first-order chi connectivity index (χ1) is 8.12. The van der Waals surface area contributed by atoms with Gasteiger partial charge < -0.3 is 5.11 Å². The molecule has 0 spiro atoms. The Morgan fingerprint density at radius 2 is 1.65 bits per heavy atom. The molecule has 1 aliphatic rings. The zero-order valence-electron chi connectivity index (χ0n) is 9.80. The molecule has 2 rings (SSSR count). The first-order valence-electron chi connectivity index (χ1n) is 6.03. The lowest BCUT2D eigenvalue weighted by molar-refractivity contribution is 0.206. The standard InChI is InChI=1S/C13H18O3S/c14-11-13(9-5-2-6-10-13)17(15,16)12-7-3-1-4-8-12/h1,3-4,7-8,14H,2,5-6,9-11H2. The molecule has 3 nitrogen and oxygen atoms in total. The molecule has 1 aliphatic carbocycles. The van der Waals surface area contributed by atoms with E-state index in [2.05, 4.69) is 0 Å². The molecule has 1 N–H and O–H groups in total. The molecular formula is C13H18O3S. The van der Waals surface area contributed by atoms with Crippen LogP contribution in [-0.2, 0) is 9.84 Å². The highest BCUT2D eigenvalue weighted by Crippen LogP contribution is 2.38. The molecule has 1 saturated carbocycles. The topological polar surface area (TPSA) is 54.4 Å². The van der Waals surface area contributed by atoms with Crippen LogP contribution in [0.15, 0.2) is 35.2 Å². The van der Waals surface area contributed by atoms with Gasteiger partial charge in [-0.3, -0.25) is 0 Å². The number of hydrogen-bond donors (Lipinski definition) is 1. The lowest BCUT2D eigenvalue weighted by Crippen LogP contribution is -2.44. The summed E-state index contributed by atoms with van der Waals surface area (Å²) in [5.74, 6) is 0. The van der Waals surface area contributed by atoms with E-state index in [1.807, 2.05) is 0 Å². The van der Waals surface area contributed by atoms with Crippen LogP contribution in [0.3, 0.4) is 0 Å². The van der Waals surface area contributed by atoms with Crippen molar-refractivity contribution in [2.75, 3.05) is 6.61 Å². The van der Waals surface area contributed by atoms with Gasteiger partial charge in [-0.2, -0.15) is 0 Å². The summed E-state index contributed by atoms with van der Waals surface area (Å²) in [5.41, 5.74) is 0. The second-order valence-electron chi connectivity index (χ2n) is 4.72. The van der Waals surface area contributed by atoms with Crippen molar-refractivity contribution in [3.8, 4) is 0 Å². The Bertz CT molecular complexity index is 459. The first-order valence-corrected chi connectivity index (χ1v) is 7.51. The maximum Gasteiger partial charge on any atom is 0.186 e. The van der Waals surface area contributed by atoms with Crippen molar-refractivity contribution in [2.45, 2.75) is 41.7 Å². The van der Waals surface area contributed by atoms with Crippen molar-refractivity contribution >= 4 is 9.84 Å². The average Bonchev–Trinajstić information content (AvgIpc) is 2.40. The number of aliphatic hydroxyl groups excluding tert-OH is 1. The van der Waals surface area contributed by atoms with Crippen LogP contribution in [0.5, 0.6) is 0 Å². The highest BCUT2D eigenvalue weighted by Gasteiger charge is 2.44. The molecule has 0 unspecified atom stereocenters. The van der Waals surface area contributed by atoms with Crippen molar-refractivity contribution in [3.05, 3.63) is 30.3 Å². The van der Waals surface area contributed by atoms with Crippen molar-refractivity contribution in [1.29, 1.82) is 0 Å². The summed E-state index contributed by atoms with van der Waals surface area (Å²) in [6.45, 7) is -0.274. The average molecular weight is 254 g/mol. The fourth-order valence-electron chi connectivity index (χ4n) is 2.56. The maximum atomic E-state index is 12.6. The molecule has 1 fully saturated rings. The molecule has 0 amide bonds. The number of hydrogen-bond acceptors (Lipinski definition) is 3. The lowest BCUT2D eigenvalue weighted by Gasteiger charge is -2.34. The Hall–Kier alpha value is -0.870. The summed E-state index contributed by atoms with van der Waals surface area (Å²) < 4.78 is 24.2. The predicted octanol–water partition coefficient (Wildman–Crippen LogP) is 2.16. The summed E-state index contributed by atoms with van der Waals surface area (Å²) in [6, 6.07) is 8.47. The molecule has 0 radical (unpaired) electrons. The highest BCUT2D eigenvalue weighted by atomic mass is 32.2. The molecule has 0 saturated heterocycles. The normalized spacial score (nSPS) is 20.1. The van der Waals surface area contributed by atoms with Crippen molar-refractivity contribution < 1.29 is 13.5 Å². The van der Waals surface area contributed by atoms with E-state index in [4.69, 9.17) is 0 Å². The van der Waals surface area contributed by atoms with Crippen LogP contribution in [0.25, 0.3) is 0 Å². The van der Waals surface area contributed by atoms with Crippen LogP contribution < -0.4 is 0 Å². The van der Waals surface area contributed by atoms with Gasteiger partial charge in [0.2, 0.25) is 0 Å². The van der Waals surface area contributed by atoms with Gasteiger partial charge >= 0.3 is 0 Å². The summed E-state index contributed by atoms with van der Waals surface area (Å²) in [7, 11) is -3.42. The Morgan fingerprint density at radius 1 is 1.06 bits per heavy atom. The Kier molecular flexibility index (Phi) is 3.54. The van der Waals surface area contributed by atoms with Gasteiger partial charge in [-0.1, -0.05) is 37.5 Å². The van der Waals surface area contributed by atoms with E-state index in [9.17, 15) is 13.5 Å². The smallest absolute Gasteiger partial charge is 0.186 e. The molecule has 1 aromatic rings. The van der Waals surface area contributed by atoms with Crippen LogP contribution in [0.2, 0.25) is 0 Å². The zero-order chi connectivity index (χ0) is 12.4. The fraction of sp³-hybridized carbons (Fsp3) is 0.538. The predicted molar refractivity (Wildman–Crippen MR) is 66.5 cm³/mol. The minimum Gasteiger partial charge on any atom is -0.395 e. The Morgan fingerprint density at radius 3 is 2.18 bits per heavy atom. The molecule has 0 aromatic heterocycles. The second-order valence-corrected chi connectivity index (χ2v) is 7.06. The SMILES string of the molecule is O=S(=O)(c1ccccc1)C1(CO)CCCCC1. The van der Waals surface area contributed by atoms with Gasteiger partial charge in [0.15, 0.2) is 9.84 Å². The van der Waals surface area contributed by atoms with Crippen LogP contribution >= 0.6 is 0 Å². The third-order valence-corrected chi connectivity index (χ3v) is 6.25. The summed E-state index contributed by atoms with van der Waals surface area (Å²) >= 11 is 0.